The second-order valence-electron chi connectivity index (χ2n) is 8.84. The van der Waals surface area contributed by atoms with E-state index < -0.39 is 11.9 Å². The van der Waals surface area contributed by atoms with Crippen LogP contribution in [0.25, 0.3) is 21.9 Å². The maximum atomic E-state index is 15.3. The molecule has 5 heterocycles. The Labute approximate surface area is 199 Å². The van der Waals surface area contributed by atoms with Gasteiger partial charge in [0.2, 0.25) is 5.88 Å². The molecular formula is C24H24FN5O5. The van der Waals surface area contributed by atoms with Crippen LogP contribution in [0.3, 0.4) is 0 Å². The van der Waals surface area contributed by atoms with Gasteiger partial charge in [0.25, 0.3) is 0 Å². The molecule has 35 heavy (non-hydrogen) atoms. The maximum Gasteiger partial charge on any atom is 0.413 e. The smallest absolute Gasteiger partial charge is 0.413 e. The molecule has 10 nitrogen and oxygen atoms in total. The van der Waals surface area contributed by atoms with Gasteiger partial charge in [-0.15, -0.1) is 0 Å². The minimum atomic E-state index is -0.644. The Morgan fingerprint density at radius 1 is 1.23 bits per heavy atom. The van der Waals surface area contributed by atoms with Gasteiger partial charge in [-0.2, -0.15) is 0 Å². The summed E-state index contributed by atoms with van der Waals surface area (Å²) in [5.41, 5.74) is 8.53. The highest BCUT2D eigenvalue weighted by atomic mass is 19.1. The van der Waals surface area contributed by atoms with Crippen molar-refractivity contribution >= 4 is 34.1 Å². The third kappa shape index (κ3) is 3.76. The Kier molecular flexibility index (Phi) is 5.30. The van der Waals surface area contributed by atoms with Gasteiger partial charge in [-0.05, 0) is 30.0 Å². The average Bonchev–Trinajstić information content (AvgIpc) is 3.47. The number of anilines is 3. The number of aromatic nitrogens is 2. The van der Waals surface area contributed by atoms with Crippen LogP contribution < -0.4 is 21.1 Å². The predicted octanol–water partition coefficient (Wildman–Crippen LogP) is 3.09. The Balaban J connectivity index is 1.29. The number of ether oxygens (including phenoxy) is 4. The van der Waals surface area contributed by atoms with E-state index in [-0.39, 0.29) is 29.6 Å². The number of nitrogen functional groups attached to an aromatic ring is 1. The number of rotatable bonds is 3. The Bertz CT molecular complexity index is 1340. The van der Waals surface area contributed by atoms with Crippen LogP contribution in [0.4, 0.5) is 26.4 Å². The summed E-state index contributed by atoms with van der Waals surface area (Å²) in [5.74, 6) is 0.219. The molecule has 0 saturated carbocycles. The van der Waals surface area contributed by atoms with Crippen molar-refractivity contribution in [2.45, 2.75) is 19.1 Å². The van der Waals surface area contributed by atoms with Gasteiger partial charge in [0.1, 0.15) is 24.2 Å². The lowest BCUT2D eigenvalue weighted by molar-refractivity contribution is 0.0357. The minimum Gasteiger partial charge on any atom is -0.474 e. The van der Waals surface area contributed by atoms with E-state index in [0.29, 0.717) is 60.8 Å². The normalized spacial score (nSPS) is 22.7. The van der Waals surface area contributed by atoms with Gasteiger partial charge < -0.3 is 30.0 Å². The molecule has 0 spiro atoms. The summed E-state index contributed by atoms with van der Waals surface area (Å²) < 4.78 is 37.4. The minimum absolute atomic E-state index is 0.0315. The monoisotopic (exact) mass is 481 g/mol. The molecule has 3 aliphatic rings. The number of nitrogens with one attached hydrogen (secondary N) is 2. The molecule has 1 aromatic carbocycles. The van der Waals surface area contributed by atoms with Gasteiger partial charge in [-0.1, -0.05) is 0 Å². The SMILES string of the molecule is Cc1c(-c2cc3cc(NC(=O)OC4COC5COCC54)ncc3c(N)c2F)cnc2c1NCCO2. The number of benzene rings is 1. The highest BCUT2D eigenvalue weighted by Gasteiger charge is 2.43. The number of amides is 1. The molecule has 2 saturated heterocycles. The van der Waals surface area contributed by atoms with Crippen LogP contribution in [-0.2, 0) is 14.2 Å². The predicted molar refractivity (Wildman–Crippen MR) is 126 cm³/mol. The summed E-state index contributed by atoms with van der Waals surface area (Å²) in [5, 5.41) is 6.95. The zero-order valence-electron chi connectivity index (χ0n) is 19.0. The number of fused-ring (bicyclic) bond motifs is 3. The Morgan fingerprint density at radius 2 is 2.11 bits per heavy atom. The lowest BCUT2D eigenvalue weighted by Gasteiger charge is -2.22. The first-order chi connectivity index (χ1) is 17.0. The average molecular weight is 481 g/mol. The van der Waals surface area contributed by atoms with E-state index in [1.165, 1.54) is 6.20 Å². The van der Waals surface area contributed by atoms with Crippen molar-refractivity contribution in [3.63, 3.8) is 0 Å². The van der Waals surface area contributed by atoms with Crippen LogP contribution in [0.1, 0.15) is 5.56 Å². The van der Waals surface area contributed by atoms with E-state index in [4.69, 9.17) is 24.7 Å². The summed E-state index contributed by atoms with van der Waals surface area (Å²) in [6.07, 6.45) is 1.95. The lowest BCUT2D eigenvalue weighted by Crippen LogP contribution is -2.30. The van der Waals surface area contributed by atoms with E-state index >= 15 is 4.39 Å². The third-order valence-electron chi connectivity index (χ3n) is 6.75. The van der Waals surface area contributed by atoms with Crippen LogP contribution in [0, 0.1) is 18.7 Å². The molecule has 4 N–H and O–H groups in total. The van der Waals surface area contributed by atoms with Crippen molar-refractivity contribution in [2.75, 3.05) is 49.3 Å². The lowest BCUT2D eigenvalue weighted by atomic mass is 9.97. The number of hydrogen-bond acceptors (Lipinski definition) is 9. The van der Waals surface area contributed by atoms with Crippen molar-refractivity contribution in [3.8, 4) is 17.0 Å². The quantitative estimate of drug-likeness (QED) is 0.483. The Morgan fingerprint density at radius 3 is 3.00 bits per heavy atom. The molecule has 2 fully saturated rings. The molecule has 2 aromatic heterocycles. The standard InChI is InChI=1S/C24H24FN5O5/c1-11-14(6-29-23-22(11)27-2-3-33-23)13-4-12-5-19(28-7-15(12)21(26)20(13)25)30-24(31)35-18-10-34-17-9-32-8-16(17)18/h4-7,16-18,27H,2-3,8-10,26H2,1H3,(H,28,30,31). The van der Waals surface area contributed by atoms with Crippen molar-refractivity contribution in [3.05, 3.63) is 35.9 Å². The molecule has 6 rings (SSSR count). The van der Waals surface area contributed by atoms with E-state index in [9.17, 15) is 4.79 Å². The molecule has 0 bridgehead atoms. The molecule has 3 atom stereocenters. The first-order valence-electron chi connectivity index (χ1n) is 11.4. The van der Waals surface area contributed by atoms with E-state index in [0.717, 1.165) is 11.3 Å². The van der Waals surface area contributed by atoms with E-state index in [2.05, 4.69) is 20.6 Å². The summed E-state index contributed by atoms with van der Waals surface area (Å²) in [6.45, 7) is 4.39. The van der Waals surface area contributed by atoms with Crippen LogP contribution in [0.2, 0.25) is 0 Å². The number of nitrogens with two attached hydrogens (primary N) is 1. The summed E-state index contributed by atoms with van der Waals surface area (Å²) in [4.78, 5) is 21.1. The van der Waals surface area contributed by atoms with E-state index in [1.54, 1.807) is 18.3 Å². The number of halogens is 1. The summed E-state index contributed by atoms with van der Waals surface area (Å²) in [7, 11) is 0. The van der Waals surface area contributed by atoms with Gasteiger partial charge >= 0.3 is 6.09 Å². The highest BCUT2D eigenvalue weighted by Crippen LogP contribution is 2.39. The fourth-order valence-corrected chi connectivity index (χ4v) is 4.86. The molecule has 3 aliphatic heterocycles. The molecule has 3 unspecified atom stereocenters. The topological polar surface area (TPSA) is 130 Å². The highest BCUT2D eigenvalue weighted by molar-refractivity contribution is 5.99. The van der Waals surface area contributed by atoms with Gasteiger partial charge in [-0.3, -0.25) is 5.32 Å². The fourth-order valence-electron chi connectivity index (χ4n) is 4.86. The molecule has 182 valence electrons. The maximum absolute atomic E-state index is 15.3. The number of hydrogen-bond donors (Lipinski definition) is 3. The molecule has 11 heteroatoms. The van der Waals surface area contributed by atoms with Gasteiger partial charge in [-0.25, -0.2) is 19.2 Å². The zero-order chi connectivity index (χ0) is 24.1. The first kappa shape index (κ1) is 21.8. The zero-order valence-corrected chi connectivity index (χ0v) is 19.0. The number of nitrogens with zero attached hydrogens (tertiary/aromatic N) is 2. The van der Waals surface area contributed by atoms with Crippen LogP contribution >= 0.6 is 0 Å². The molecular weight excluding hydrogens is 457 g/mol. The number of pyridine rings is 2. The summed E-state index contributed by atoms with van der Waals surface area (Å²) in [6, 6.07) is 3.30. The van der Waals surface area contributed by atoms with Gasteiger partial charge in [0.05, 0.1) is 37.5 Å². The molecule has 0 aliphatic carbocycles. The third-order valence-corrected chi connectivity index (χ3v) is 6.75. The number of carbonyl (C=O) groups is 1. The number of carbonyl (C=O) groups excluding carboxylic acids is 1. The van der Waals surface area contributed by atoms with Crippen LogP contribution in [0.15, 0.2) is 24.5 Å². The van der Waals surface area contributed by atoms with Crippen molar-refractivity contribution < 1.29 is 28.1 Å². The van der Waals surface area contributed by atoms with Crippen molar-refractivity contribution in [1.82, 2.24) is 9.97 Å². The van der Waals surface area contributed by atoms with Crippen LogP contribution in [-0.4, -0.2) is 61.2 Å². The van der Waals surface area contributed by atoms with Gasteiger partial charge in [0, 0.05) is 35.5 Å². The molecule has 0 radical (unpaired) electrons. The second-order valence-corrected chi connectivity index (χ2v) is 8.84. The van der Waals surface area contributed by atoms with E-state index in [1.807, 2.05) is 6.92 Å². The summed E-state index contributed by atoms with van der Waals surface area (Å²) >= 11 is 0. The van der Waals surface area contributed by atoms with Crippen LogP contribution in [0.5, 0.6) is 5.88 Å². The largest absolute Gasteiger partial charge is 0.474 e. The van der Waals surface area contributed by atoms with Gasteiger partial charge in [0.15, 0.2) is 5.82 Å². The molecule has 1 amide bonds. The first-order valence-corrected chi connectivity index (χ1v) is 11.4. The second kappa shape index (κ2) is 8.51. The van der Waals surface area contributed by atoms with Crippen molar-refractivity contribution in [1.29, 1.82) is 0 Å². The Hall–Kier alpha value is -3.70. The fraction of sp³-hybridized carbons (Fsp3) is 0.375. The van der Waals surface area contributed by atoms with Crippen molar-refractivity contribution in [2.24, 2.45) is 5.92 Å². The molecule has 3 aromatic rings.